The number of nitrogens with zero attached hydrogens (tertiary/aromatic N) is 2. The van der Waals surface area contributed by atoms with Gasteiger partial charge >= 0.3 is 0 Å². The number of methoxy groups -OCH3 is 2. The van der Waals surface area contributed by atoms with Gasteiger partial charge in [0, 0.05) is 12.1 Å². The van der Waals surface area contributed by atoms with E-state index >= 15 is 0 Å². The third-order valence-electron chi connectivity index (χ3n) is 3.75. The molecule has 1 aromatic heterocycles. The summed E-state index contributed by atoms with van der Waals surface area (Å²) in [5, 5.41) is 11.6. The molecule has 3 aromatic rings. The molecule has 3 rings (SSSR count). The predicted octanol–water partition coefficient (Wildman–Crippen LogP) is 4.33. The van der Waals surface area contributed by atoms with Crippen LogP contribution in [0.1, 0.15) is 11.3 Å². The molecule has 1 heterocycles. The molecule has 0 spiro atoms. The monoisotopic (exact) mass is 336 g/mol. The van der Waals surface area contributed by atoms with Crippen molar-refractivity contribution < 1.29 is 14.4 Å². The zero-order chi connectivity index (χ0) is 17.8. The van der Waals surface area contributed by atoms with Crippen molar-refractivity contribution in [1.82, 2.24) is 4.98 Å². The summed E-state index contributed by atoms with van der Waals surface area (Å²) in [5.74, 6) is 1.39. The van der Waals surface area contributed by atoms with Crippen LogP contribution in [-0.4, -0.2) is 24.1 Å². The number of nitro groups is 1. The van der Waals surface area contributed by atoms with Gasteiger partial charge in [0.15, 0.2) is 0 Å². The lowest BCUT2D eigenvalue weighted by Crippen LogP contribution is -1.91. The van der Waals surface area contributed by atoms with E-state index in [1.165, 1.54) is 6.07 Å². The number of hydrogen-bond donors (Lipinski definition) is 0. The number of nitro benzene ring substituents is 1. The molecule has 0 amide bonds. The average molecular weight is 336 g/mol. The van der Waals surface area contributed by atoms with E-state index in [4.69, 9.17) is 9.47 Å². The summed E-state index contributed by atoms with van der Waals surface area (Å²) in [4.78, 5) is 15.1. The molecule has 0 fully saturated rings. The van der Waals surface area contributed by atoms with Gasteiger partial charge in [0.05, 0.1) is 35.7 Å². The van der Waals surface area contributed by atoms with Crippen LogP contribution in [-0.2, 0) is 0 Å². The molecule has 0 aliphatic rings. The highest BCUT2D eigenvalue weighted by atomic mass is 16.6. The molecule has 0 saturated carbocycles. The SMILES string of the molecule is COc1cc(/C=C/c2ccc3c([N+](=O)[O-])cccc3n2)cc(OC)c1. The normalized spacial score (nSPS) is 11.0. The average Bonchev–Trinajstić information content (AvgIpc) is 2.65. The van der Waals surface area contributed by atoms with Crippen LogP contribution in [0.15, 0.2) is 48.5 Å². The van der Waals surface area contributed by atoms with Crippen LogP contribution in [0.3, 0.4) is 0 Å². The Morgan fingerprint density at radius 3 is 2.36 bits per heavy atom. The quantitative estimate of drug-likeness (QED) is 0.512. The van der Waals surface area contributed by atoms with E-state index in [1.54, 1.807) is 44.6 Å². The molecule has 0 aliphatic carbocycles. The van der Waals surface area contributed by atoms with Crippen molar-refractivity contribution in [2.24, 2.45) is 0 Å². The van der Waals surface area contributed by atoms with E-state index < -0.39 is 4.92 Å². The molecule has 6 nitrogen and oxygen atoms in total. The molecule has 126 valence electrons. The number of aromatic nitrogens is 1. The molecular formula is C19H16N2O4. The lowest BCUT2D eigenvalue weighted by atomic mass is 10.1. The highest BCUT2D eigenvalue weighted by Gasteiger charge is 2.11. The molecule has 0 aliphatic heterocycles. The molecule has 0 saturated heterocycles. The highest BCUT2D eigenvalue weighted by molar-refractivity contribution is 5.89. The summed E-state index contributed by atoms with van der Waals surface area (Å²) in [6.07, 6.45) is 3.73. The van der Waals surface area contributed by atoms with Gasteiger partial charge in [0.2, 0.25) is 0 Å². The summed E-state index contributed by atoms with van der Waals surface area (Å²) in [6.45, 7) is 0. The fourth-order valence-corrected chi connectivity index (χ4v) is 2.51. The zero-order valence-corrected chi connectivity index (χ0v) is 13.8. The Labute approximate surface area is 144 Å². The third-order valence-corrected chi connectivity index (χ3v) is 3.75. The Morgan fingerprint density at radius 2 is 1.72 bits per heavy atom. The van der Waals surface area contributed by atoms with Gasteiger partial charge in [-0.15, -0.1) is 0 Å². The van der Waals surface area contributed by atoms with Crippen LogP contribution in [0.25, 0.3) is 23.1 Å². The zero-order valence-electron chi connectivity index (χ0n) is 13.8. The Bertz CT molecular complexity index is 945. The minimum Gasteiger partial charge on any atom is -0.497 e. The van der Waals surface area contributed by atoms with Crippen LogP contribution in [0.2, 0.25) is 0 Å². The van der Waals surface area contributed by atoms with Gasteiger partial charge in [-0.3, -0.25) is 10.1 Å². The van der Waals surface area contributed by atoms with Gasteiger partial charge in [0.25, 0.3) is 5.69 Å². The first kappa shape index (κ1) is 16.4. The first-order chi connectivity index (χ1) is 12.1. The number of pyridine rings is 1. The van der Waals surface area contributed by atoms with Crippen molar-refractivity contribution >= 4 is 28.7 Å². The maximum absolute atomic E-state index is 11.1. The van der Waals surface area contributed by atoms with E-state index in [2.05, 4.69) is 4.98 Å². The first-order valence-electron chi connectivity index (χ1n) is 7.56. The standard InChI is InChI=1S/C19H16N2O4/c1-24-15-10-13(11-16(12-15)25-2)6-7-14-8-9-17-18(20-14)4-3-5-19(17)21(22)23/h3-12H,1-2H3/b7-6+. The smallest absolute Gasteiger partial charge is 0.278 e. The number of hydrogen-bond acceptors (Lipinski definition) is 5. The Balaban J connectivity index is 1.95. The van der Waals surface area contributed by atoms with Crippen molar-refractivity contribution in [2.75, 3.05) is 14.2 Å². The van der Waals surface area contributed by atoms with Crippen molar-refractivity contribution in [3.63, 3.8) is 0 Å². The topological polar surface area (TPSA) is 74.5 Å². The first-order valence-corrected chi connectivity index (χ1v) is 7.56. The summed E-state index contributed by atoms with van der Waals surface area (Å²) >= 11 is 0. The fourth-order valence-electron chi connectivity index (χ4n) is 2.51. The van der Waals surface area contributed by atoms with Gasteiger partial charge in [-0.25, -0.2) is 4.98 Å². The van der Waals surface area contributed by atoms with Gasteiger partial charge in [-0.05, 0) is 42.0 Å². The highest BCUT2D eigenvalue weighted by Crippen LogP contribution is 2.26. The molecule has 2 aromatic carbocycles. The largest absolute Gasteiger partial charge is 0.497 e. The molecule has 6 heteroatoms. The lowest BCUT2D eigenvalue weighted by Gasteiger charge is -2.05. The van der Waals surface area contributed by atoms with Crippen molar-refractivity contribution in [1.29, 1.82) is 0 Å². The van der Waals surface area contributed by atoms with Gasteiger partial charge in [-0.1, -0.05) is 12.1 Å². The maximum atomic E-state index is 11.1. The minimum atomic E-state index is -0.401. The Kier molecular flexibility index (Phi) is 4.61. The second-order valence-electron chi connectivity index (χ2n) is 5.32. The number of non-ortho nitro benzene ring substituents is 1. The predicted molar refractivity (Wildman–Crippen MR) is 96.9 cm³/mol. The number of rotatable bonds is 5. The molecule has 25 heavy (non-hydrogen) atoms. The second-order valence-corrected chi connectivity index (χ2v) is 5.32. The molecule has 0 unspecified atom stereocenters. The number of benzene rings is 2. The van der Waals surface area contributed by atoms with Crippen LogP contribution >= 0.6 is 0 Å². The summed E-state index contributed by atoms with van der Waals surface area (Å²) in [7, 11) is 3.19. The van der Waals surface area contributed by atoms with Crippen LogP contribution in [0, 0.1) is 10.1 Å². The Hall–Kier alpha value is -3.41. The summed E-state index contributed by atoms with van der Waals surface area (Å²) in [5.41, 5.74) is 2.24. The summed E-state index contributed by atoms with van der Waals surface area (Å²) < 4.78 is 10.5. The molecule has 0 N–H and O–H groups in total. The molecule has 0 atom stereocenters. The van der Waals surface area contributed by atoms with E-state index in [9.17, 15) is 10.1 Å². The summed E-state index contributed by atoms with van der Waals surface area (Å²) in [6, 6.07) is 13.9. The van der Waals surface area contributed by atoms with E-state index in [1.807, 2.05) is 24.3 Å². The van der Waals surface area contributed by atoms with Crippen molar-refractivity contribution in [2.45, 2.75) is 0 Å². The van der Waals surface area contributed by atoms with E-state index in [0.717, 1.165) is 5.56 Å². The third kappa shape index (κ3) is 3.58. The number of ether oxygens (including phenoxy) is 2. The van der Waals surface area contributed by atoms with Crippen molar-refractivity contribution in [3.8, 4) is 11.5 Å². The van der Waals surface area contributed by atoms with Crippen LogP contribution in [0.4, 0.5) is 5.69 Å². The van der Waals surface area contributed by atoms with E-state index in [-0.39, 0.29) is 5.69 Å². The Morgan fingerprint density at radius 1 is 1.00 bits per heavy atom. The molecule has 0 radical (unpaired) electrons. The van der Waals surface area contributed by atoms with Gasteiger partial charge < -0.3 is 9.47 Å². The van der Waals surface area contributed by atoms with E-state index in [0.29, 0.717) is 28.1 Å². The lowest BCUT2D eigenvalue weighted by molar-refractivity contribution is -0.383. The van der Waals surface area contributed by atoms with Gasteiger partial charge in [-0.2, -0.15) is 0 Å². The van der Waals surface area contributed by atoms with Crippen molar-refractivity contribution in [3.05, 3.63) is 69.9 Å². The van der Waals surface area contributed by atoms with Crippen LogP contribution < -0.4 is 9.47 Å². The molecular weight excluding hydrogens is 320 g/mol. The maximum Gasteiger partial charge on any atom is 0.278 e. The van der Waals surface area contributed by atoms with Crippen LogP contribution in [0.5, 0.6) is 11.5 Å². The fraction of sp³-hybridized carbons (Fsp3) is 0.105. The molecule has 0 bridgehead atoms. The minimum absolute atomic E-state index is 0.0538. The number of fused-ring (bicyclic) bond motifs is 1. The second kappa shape index (κ2) is 7.00. The van der Waals surface area contributed by atoms with Gasteiger partial charge in [0.1, 0.15) is 11.5 Å².